The molecule has 0 heterocycles. The molecule has 0 bridgehead atoms. The van der Waals surface area contributed by atoms with E-state index in [1.165, 1.54) is 44.1 Å². The fraction of sp³-hybridized carbons (Fsp3) is 0.667. The zero-order valence-corrected chi connectivity index (χ0v) is 13.4. The van der Waals surface area contributed by atoms with Crippen LogP contribution in [-0.4, -0.2) is 26.4 Å². The first-order chi connectivity index (χ1) is 10.3. The van der Waals surface area contributed by atoms with E-state index in [0.717, 1.165) is 18.9 Å². The van der Waals surface area contributed by atoms with E-state index in [-0.39, 0.29) is 6.04 Å². The Morgan fingerprint density at radius 3 is 2.62 bits per heavy atom. The van der Waals surface area contributed by atoms with Gasteiger partial charge < -0.3 is 14.8 Å². The lowest BCUT2D eigenvalue weighted by Crippen LogP contribution is -2.27. The van der Waals surface area contributed by atoms with Crippen LogP contribution in [0.3, 0.4) is 0 Å². The number of likely N-dealkylation sites (N-methyl/N-ethyl adjacent to an activating group) is 1. The molecule has 3 heteroatoms. The van der Waals surface area contributed by atoms with Gasteiger partial charge in [0.25, 0.3) is 0 Å². The average Bonchev–Trinajstić information content (AvgIpc) is 2.80. The van der Waals surface area contributed by atoms with Gasteiger partial charge in [-0.1, -0.05) is 44.7 Å². The van der Waals surface area contributed by atoms with Crippen molar-refractivity contribution in [3.63, 3.8) is 0 Å². The molecule has 1 aliphatic rings. The maximum atomic E-state index is 6.20. The van der Waals surface area contributed by atoms with E-state index in [9.17, 15) is 0 Å². The minimum absolute atomic E-state index is 0.244. The van der Waals surface area contributed by atoms with Crippen molar-refractivity contribution in [2.24, 2.45) is 0 Å². The summed E-state index contributed by atoms with van der Waals surface area (Å²) in [6.07, 6.45) is 8.25. The fourth-order valence-electron chi connectivity index (χ4n) is 3.02. The van der Waals surface area contributed by atoms with Crippen LogP contribution >= 0.6 is 0 Å². The van der Waals surface area contributed by atoms with E-state index in [4.69, 9.17) is 9.47 Å². The Kier molecular flexibility index (Phi) is 7.04. The first-order valence-electron chi connectivity index (χ1n) is 8.32. The molecule has 0 aliphatic heterocycles. The van der Waals surface area contributed by atoms with Crippen molar-refractivity contribution < 1.29 is 9.47 Å². The Hall–Kier alpha value is -1.06. The molecule has 1 aromatic rings. The molecule has 1 aromatic carbocycles. The molecule has 0 aromatic heterocycles. The second-order valence-electron chi connectivity index (χ2n) is 5.83. The average molecular weight is 291 g/mol. The molecule has 3 nitrogen and oxygen atoms in total. The lowest BCUT2D eigenvalue weighted by molar-refractivity contribution is 0.0290. The third-order valence-electron chi connectivity index (χ3n) is 4.25. The van der Waals surface area contributed by atoms with E-state index >= 15 is 0 Å². The van der Waals surface area contributed by atoms with Crippen molar-refractivity contribution in [1.29, 1.82) is 0 Å². The van der Waals surface area contributed by atoms with Gasteiger partial charge in [0.1, 0.15) is 5.75 Å². The standard InChI is InChI=1S/C18H29NO2/c1-3-19-18(15-9-8-12-17(13-15)20-2)14-21-16-10-6-4-5-7-11-16/h8-9,12-13,16,18-19H,3-7,10-11,14H2,1-2H3. The van der Waals surface area contributed by atoms with Gasteiger partial charge in [0, 0.05) is 0 Å². The molecule has 1 N–H and O–H groups in total. The molecule has 21 heavy (non-hydrogen) atoms. The monoisotopic (exact) mass is 291 g/mol. The Bertz CT molecular complexity index is 400. The highest BCUT2D eigenvalue weighted by atomic mass is 16.5. The van der Waals surface area contributed by atoms with Crippen molar-refractivity contribution >= 4 is 0 Å². The van der Waals surface area contributed by atoms with E-state index < -0.39 is 0 Å². The number of benzene rings is 1. The third kappa shape index (κ3) is 5.33. The second-order valence-corrected chi connectivity index (χ2v) is 5.83. The molecule has 1 fully saturated rings. The zero-order valence-electron chi connectivity index (χ0n) is 13.4. The van der Waals surface area contributed by atoms with Crippen LogP contribution in [0.5, 0.6) is 5.75 Å². The molecule has 0 spiro atoms. The number of methoxy groups -OCH3 is 1. The largest absolute Gasteiger partial charge is 0.497 e. The van der Waals surface area contributed by atoms with Gasteiger partial charge in [-0.05, 0) is 37.1 Å². The van der Waals surface area contributed by atoms with Crippen LogP contribution in [0, 0.1) is 0 Å². The maximum absolute atomic E-state index is 6.20. The number of rotatable bonds is 7. The highest BCUT2D eigenvalue weighted by Gasteiger charge is 2.17. The third-order valence-corrected chi connectivity index (χ3v) is 4.25. The summed E-state index contributed by atoms with van der Waals surface area (Å²) in [5.41, 5.74) is 1.24. The van der Waals surface area contributed by atoms with Crippen molar-refractivity contribution in [3.8, 4) is 5.75 Å². The predicted octanol–water partition coefficient (Wildman–Crippen LogP) is 4.09. The summed E-state index contributed by atoms with van der Waals surface area (Å²) in [6, 6.07) is 8.52. The smallest absolute Gasteiger partial charge is 0.119 e. The summed E-state index contributed by atoms with van der Waals surface area (Å²) in [5.74, 6) is 0.907. The van der Waals surface area contributed by atoms with Crippen molar-refractivity contribution in [3.05, 3.63) is 29.8 Å². The van der Waals surface area contributed by atoms with Gasteiger partial charge in [0.15, 0.2) is 0 Å². The van der Waals surface area contributed by atoms with Crippen LogP contribution in [-0.2, 0) is 4.74 Å². The number of nitrogens with one attached hydrogen (secondary N) is 1. The molecular formula is C18H29NO2. The minimum atomic E-state index is 0.244. The number of ether oxygens (including phenoxy) is 2. The summed E-state index contributed by atoms with van der Waals surface area (Å²) in [5, 5.41) is 3.52. The van der Waals surface area contributed by atoms with Crippen LogP contribution in [0.25, 0.3) is 0 Å². The van der Waals surface area contributed by atoms with Crippen molar-refractivity contribution in [2.45, 2.75) is 57.6 Å². The number of hydrogen-bond donors (Lipinski definition) is 1. The maximum Gasteiger partial charge on any atom is 0.119 e. The SMILES string of the molecule is CCNC(COC1CCCCCC1)c1cccc(OC)c1. The van der Waals surface area contributed by atoms with Crippen LogP contribution in [0.4, 0.5) is 0 Å². The summed E-state index contributed by atoms with van der Waals surface area (Å²) in [4.78, 5) is 0. The second kappa shape index (κ2) is 9.06. The summed E-state index contributed by atoms with van der Waals surface area (Å²) >= 11 is 0. The van der Waals surface area contributed by atoms with Gasteiger partial charge in [-0.2, -0.15) is 0 Å². The lowest BCUT2D eigenvalue weighted by atomic mass is 10.1. The van der Waals surface area contributed by atoms with E-state index in [1.54, 1.807) is 7.11 Å². The van der Waals surface area contributed by atoms with Crippen LogP contribution < -0.4 is 10.1 Å². The number of hydrogen-bond acceptors (Lipinski definition) is 3. The molecule has 0 saturated heterocycles. The van der Waals surface area contributed by atoms with Gasteiger partial charge in [-0.15, -0.1) is 0 Å². The molecule has 1 saturated carbocycles. The van der Waals surface area contributed by atoms with Crippen LogP contribution in [0.1, 0.15) is 57.1 Å². The Balaban J connectivity index is 1.94. The van der Waals surface area contributed by atoms with E-state index in [0.29, 0.717) is 6.10 Å². The highest BCUT2D eigenvalue weighted by Crippen LogP contribution is 2.23. The molecule has 118 valence electrons. The van der Waals surface area contributed by atoms with Crippen LogP contribution in [0.15, 0.2) is 24.3 Å². The molecule has 1 unspecified atom stereocenters. The highest BCUT2D eigenvalue weighted by molar-refractivity contribution is 5.30. The molecule has 2 rings (SSSR count). The fourth-order valence-corrected chi connectivity index (χ4v) is 3.02. The molecule has 1 atom stereocenters. The first-order valence-corrected chi connectivity index (χ1v) is 8.32. The minimum Gasteiger partial charge on any atom is -0.497 e. The van der Waals surface area contributed by atoms with Crippen molar-refractivity contribution in [1.82, 2.24) is 5.32 Å². The van der Waals surface area contributed by atoms with Gasteiger partial charge in [-0.25, -0.2) is 0 Å². The molecule has 0 radical (unpaired) electrons. The predicted molar refractivity (Wildman–Crippen MR) is 86.9 cm³/mol. The quantitative estimate of drug-likeness (QED) is 0.768. The van der Waals surface area contributed by atoms with Crippen molar-refractivity contribution in [2.75, 3.05) is 20.3 Å². The molecule has 0 amide bonds. The van der Waals surface area contributed by atoms with Gasteiger partial charge in [0.05, 0.1) is 25.9 Å². The van der Waals surface area contributed by atoms with E-state index in [2.05, 4.69) is 24.4 Å². The zero-order chi connectivity index (χ0) is 14.9. The Labute approximate surface area is 129 Å². The topological polar surface area (TPSA) is 30.5 Å². The Morgan fingerprint density at radius 1 is 1.19 bits per heavy atom. The molecular weight excluding hydrogens is 262 g/mol. The van der Waals surface area contributed by atoms with Gasteiger partial charge in [0.2, 0.25) is 0 Å². The van der Waals surface area contributed by atoms with Gasteiger partial charge >= 0.3 is 0 Å². The normalized spacial score (nSPS) is 18.2. The van der Waals surface area contributed by atoms with E-state index in [1.807, 2.05) is 12.1 Å². The van der Waals surface area contributed by atoms with Gasteiger partial charge in [-0.3, -0.25) is 0 Å². The summed E-state index contributed by atoms with van der Waals surface area (Å²) < 4.78 is 11.5. The first kappa shape index (κ1) is 16.3. The Morgan fingerprint density at radius 2 is 1.95 bits per heavy atom. The summed E-state index contributed by atoms with van der Waals surface area (Å²) in [7, 11) is 1.71. The summed E-state index contributed by atoms with van der Waals surface area (Å²) in [6.45, 7) is 3.82. The van der Waals surface area contributed by atoms with Crippen LogP contribution in [0.2, 0.25) is 0 Å². The lowest BCUT2D eigenvalue weighted by Gasteiger charge is -2.23. The molecule has 1 aliphatic carbocycles.